The van der Waals surface area contributed by atoms with Gasteiger partial charge in [0.1, 0.15) is 0 Å². The molecular weight excluding hydrogens is 322 g/mol. The van der Waals surface area contributed by atoms with E-state index in [4.69, 9.17) is 4.42 Å². The highest BCUT2D eigenvalue weighted by atomic mass is 32.2. The third-order valence-electron chi connectivity index (χ3n) is 3.49. The minimum Gasteiger partial charge on any atom is -0.411 e. The van der Waals surface area contributed by atoms with E-state index >= 15 is 0 Å². The van der Waals surface area contributed by atoms with E-state index in [1.54, 1.807) is 0 Å². The van der Waals surface area contributed by atoms with Crippen molar-refractivity contribution < 1.29 is 9.21 Å². The van der Waals surface area contributed by atoms with Crippen molar-refractivity contribution in [3.8, 4) is 11.5 Å². The van der Waals surface area contributed by atoms with Crippen LogP contribution in [0.3, 0.4) is 0 Å². The van der Waals surface area contributed by atoms with Crippen LogP contribution in [0.1, 0.15) is 11.1 Å². The van der Waals surface area contributed by atoms with E-state index in [1.807, 2.05) is 61.5 Å². The van der Waals surface area contributed by atoms with Gasteiger partial charge in [-0.3, -0.25) is 4.79 Å². The van der Waals surface area contributed by atoms with E-state index in [-0.39, 0.29) is 11.7 Å². The van der Waals surface area contributed by atoms with Gasteiger partial charge < -0.3 is 9.73 Å². The first-order valence-electron chi connectivity index (χ1n) is 7.55. The Morgan fingerprint density at radius 1 is 1.08 bits per heavy atom. The summed E-state index contributed by atoms with van der Waals surface area (Å²) in [5.74, 6) is 0.628. The fourth-order valence-electron chi connectivity index (χ4n) is 2.15. The number of nitrogens with one attached hydrogen (secondary N) is 1. The monoisotopic (exact) mass is 339 g/mol. The number of rotatable bonds is 6. The molecule has 122 valence electrons. The minimum atomic E-state index is -0.0669. The van der Waals surface area contributed by atoms with E-state index in [2.05, 4.69) is 15.5 Å². The van der Waals surface area contributed by atoms with Crippen LogP contribution in [0, 0.1) is 6.92 Å². The molecule has 2 aromatic carbocycles. The Kier molecular flexibility index (Phi) is 5.28. The smallest absolute Gasteiger partial charge is 0.277 e. The Labute approximate surface area is 144 Å². The maximum atomic E-state index is 12.0. The second-order valence-electron chi connectivity index (χ2n) is 5.23. The fraction of sp³-hybridized carbons (Fsp3) is 0.167. The fourth-order valence-corrected chi connectivity index (χ4v) is 2.74. The lowest BCUT2D eigenvalue weighted by molar-refractivity contribution is -0.118. The van der Waals surface area contributed by atoms with Gasteiger partial charge in [-0.2, -0.15) is 0 Å². The van der Waals surface area contributed by atoms with Gasteiger partial charge in [-0.1, -0.05) is 54.2 Å². The molecule has 3 rings (SSSR count). The Morgan fingerprint density at radius 3 is 2.62 bits per heavy atom. The molecule has 0 aliphatic carbocycles. The van der Waals surface area contributed by atoms with Crippen molar-refractivity contribution in [3.63, 3.8) is 0 Å². The zero-order valence-corrected chi connectivity index (χ0v) is 14.0. The number of hydrogen-bond donors (Lipinski definition) is 1. The highest BCUT2D eigenvalue weighted by molar-refractivity contribution is 7.99. The first-order valence-corrected chi connectivity index (χ1v) is 8.54. The average Bonchev–Trinajstić information content (AvgIpc) is 3.09. The number of benzene rings is 2. The van der Waals surface area contributed by atoms with Crippen LogP contribution >= 0.6 is 11.8 Å². The lowest BCUT2D eigenvalue weighted by Crippen LogP contribution is -2.24. The molecule has 0 bridgehead atoms. The molecule has 1 heterocycles. The molecule has 1 aromatic heterocycles. The van der Waals surface area contributed by atoms with Crippen LogP contribution in [0.15, 0.2) is 64.2 Å². The molecule has 0 atom stereocenters. The number of nitrogens with zero attached hydrogens (tertiary/aromatic N) is 2. The Morgan fingerprint density at radius 2 is 1.83 bits per heavy atom. The predicted octanol–water partition coefficient (Wildman–Crippen LogP) is 3.45. The topological polar surface area (TPSA) is 68.0 Å². The molecule has 0 saturated carbocycles. The zero-order valence-electron chi connectivity index (χ0n) is 13.2. The van der Waals surface area contributed by atoms with Gasteiger partial charge in [-0.25, -0.2) is 0 Å². The van der Waals surface area contributed by atoms with Crippen molar-refractivity contribution in [1.82, 2.24) is 15.5 Å². The summed E-state index contributed by atoms with van der Waals surface area (Å²) in [5, 5.41) is 11.3. The molecule has 0 saturated heterocycles. The third kappa shape index (κ3) is 4.23. The van der Waals surface area contributed by atoms with E-state index in [9.17, 15) is 4.79 Å². The van der Waals surface area contributed by atoms with Crippen LogP contribution in [0.4, 0.5) is 0 Å². The number of aryl methyl sites for hydroxylation is 1. The van der Waals surface area contributed by atoms with E-state index in [0.717, 1.165) is 16.7 Å². The van der Waals surface area contributed by atoms with Crippen LogP contribution < -0.4 is 5.32 Å². The van der Waals surface area contributed by atoms with E-state index in [1.165, 1.54) is 11.8 Å². The Hall–Kier alpha value is -2.60. The SMILES string of the molecule is Cc1ccccc1CNC(=O)CSc1nnc(-c2ccccc2)o1. The molecule has 1 N–H and O–H groups in total. The lowest BCUT2D eigenvalue weighted by atomic mass is 10.1. The first kappa shape index (κ1) is 16.3. The average molecular weight is 339 g/mol. The highest BCUT2D eigenvalue weighted by Crippen LogP contribution is 2.22. The molecule has 5 nitrogen and oxygen atoms in total. The van der Waals surface area contributed by atoms with Crippen molar-refractivity contribution in [1.29, 1.82) is 0 Å². The van der Waals surface area contributed by atoms with Crippen LogP contribution in [0.5, 0.6) is 0 Å². The van der Waals surface area contributed by atoms with E-state index in [0.29, 0.717) is 17.7 Å². The summed E-state index contributed by atoms with van der Waals surface area (Å²) in [6, 6.07) is 17.5. The summed E-state index contributed by atoms with van der Waals surface area (Å²) < 4.78 is 5.56. The first-order chi connectivity index (χ1) is 11.7. The summed E-state index contributed by atoms with van der Waals surface area (Å²) in [5.41, 5.74) is 3.13. The minimum absolute atomic E-state index is 0.0669. The third-order valence-corrected chi connectivity index (χ3v) is 4.31. The van der Waals surface area contributed by atoms with Crippen molar-refractivity contribution in [2.75, 3.05) is 5.75 Å². The van der Waals surface area contributed by atoms with Crippen molar-refractivity contribution in [2.45, 2.75) is 18.7 Å². The molecule has 6 heteroatoms. The van der Waals surface area contributed by atoms with Crippen molar-refractivity contribution >= 4 is 17.7 Å². The van der Waals surface area contributed by atoms with E-state index < -0.39 is 0 Å². The molecule has 0 fully saturated rings. The van der Waals surface area contributed by atoms with Gasteiger partial charge >= 0.3 is 0 Å². The van der Waals surface area contributed by atoms with Crippen molar-refractivity contribution in [3.05, 3.63) is 65.7 Å². The molecule has 0 aliphatic heterocycles. The second kappa shape index (κ2) is 7.79. The maximum Gasteiger partial charge on any atom is 0.277 e. The number of aromatic nitrogens is 2. The standard InChI is InChI=1S/C18H17N3O2S/c1-13-7-5-6-10-15(13)11-19-16(22)12-24-18-21-20-17(23-18)14-8-3-2-4-9-14/h2-10H,11-12H2,1H3,(H,19,22). The predicted molar refractivity (Wildman–Crippen MR) is 93.5 cm³/mol. The molecule has 24 heavy (non-hydrogen) atoms. The summed E-state index contributed by atoms with van der Waals surface area (Å²) in [4.78, 5) is 12.0. The van der Waals surface area contributed by atoms with Gasteiger partial charge in [0, 0.05) is 12.1 Å². The van der Waals surface area contributed by atoms with Gasteiger partial charge in [0.2, 0.25) is 11.8 Å². The molecule has 1 amide bonds. The lowest BCUT2D eigenvalue weighted by Gasteiger charge is -2.06. The van der Waals surface area contributed by atoms with Gasteiger partial charge in [0.25, 0.3) is 5.22 Å². The second-order valence-corrected chi connectivity index (χ2v) is 6.16. The Balaban J connectivity index is 1.50. The number of hydrogen-bond acceptors (Lipinski definition) is 5. The summed E-state index contributed by atoms with van der Waals surface area (Å²) in [6.07, 6.45) is 0. The summed E-state index contributed by atoms with van der Waals surface area (Å²) in [6.45, 7) is 2.55. The summed E-state index contributed by atoms with van der Waals surface area (Å²) >= 11 is 1.23. The number of carbonyl (C=O) groups is 1. The molecule has 0 spiro atoms. The van der Waals surface area contributed by atoms with Crippen LogP contribution in [-0.4, -0.2) is 21.9 Å². The molecular formula is C18H17N3O2S. The Bertz CT molecular complexity index is 818. The molecule has 0 radical (unpaired) electrons. The van der Waals surface area contributed by atoms with Crippen molar-refractivity contribution in [2.24, 2.45) is 0 Å². The van der Waals surface area contributed by atoms with Crippen LogP contribution in [-0.2, 0) is 11.3 Å². The number of thioether (sulfide) groups is 1. The van der Waals surface area contributed by atoms with Crippen LogP contribution in [0.25, 0.3) is 11.5 Å². The zero-order chi connectivity index (χ0) is 16.8. The van der Waals surface area contributed by atoms with Gasteiger partial charge in [-0.05, 0) is 30.2 Å². The molecule has 3 aromatic rings. The van der Waals surface area contributed by atoms with Gasteiger partial charge in [-0.15, -0.1) is 10.2 Å². The normalized spacial score (nSPS) is 10.5. The number of amides is 1. The maximum absolute atomic E-state index is 12.0. The highest BCUT2D eigenvalue weighted by Gasteiger charge is 2.11. The summed E-state index contributed by atoms with van der Waals surface area (Å²) in [7, 11) is 0. The van der Waals surface area contributed by atoms with Gasteiger partial charge in [0.05, 0.1) is 5.75 Å². The largest absolute Gasteiger partial charge is 0.411 e. The number of carbonyl (C=O) groups excluding carboxylic acids is 1. The molecule has 0 unspecified atom stereocenters. The van der Waals surface area contributed by atoms with Gasteiger partial charge in [0.15, 0.2) is 0 Å². The quantitative estimate of drug-likeness (QED) is 0.697. The molecule has 0 aliphatic rings. The van der Waals surface area contributed by atoms with Crippen LogP contribution in [0.2, 0.25) is 0 Å².